The lowest BCUT2D eigenvalue weighted by Gasteiger charge is -2.36. The normalized spacial score (nSPS) is 18.3. The lowest BCUT2D eigenvalue weighted by atomic mass is 10.3. The van der Waals surface area contributed by atoms with E-state index in [4.69, 9.17) is 9.72 Å². The summed E-state index contributed by atoms with van der Waals surface area (Å²) in [5.74, 6) is 1.81. The standard InChI is InChI=1S/C18H22F3N7O/c1-13-10-16(27-6-8-29-9-7-27)25-17(24-13)28-4-2-26(3-5-28)15-11-14(18(19,20)21)22-12-23-15/h10-12H,2-9H2,1H3. The van der Waals surface area contributed by atoms with Gasteiger partial charge in [0.1, 0.15) is 23.7 Å². The third-order valence-corrected chi connectivity index (χ3v) is 4.99. The highest BCUT2D eigenvalue weighted by molar-refractivity contribution is 5.48. The molecule has 156 valence electrons. The van der Waals surface area contributed by atoms with E-state index in [9.17, 15) is 13.2 Å². The Bertz CT molecular complexity index is 850. The Morgan fingerprint density at radius 2 is 1.48 bits per heavy atom. The Morgan fingerprint density at radius 3 is 2.17 bits per heavy atom. The number of anilines is 3. The zero-order valence-corrected chi connectivity index (χ0v) is 16.1. The van der Waals surface area contributed by atoms with Gasteiger partial charge in [-0.05, 0) is 6.92 Å². The summed E-state index contributed by atoms with van der Waals surface area (Å²) in [6, 6.07) is 2.96. The summed E-state index contributed by atoms with van der Waals surface area (Å²) in [5.41, 5.74) is -0.0494. The maximum absolute atomic E-state index is 12.9. The van der Waals surface area contributed by atoms with Crippen LogP contribution in [0, 0.1) is 6.92 Å². The Labute approximate surface area is 166 Å². The van der Waals surface area contributed by atoms with Crippen LogP contribution in [-0.2, 0) is 10.9 Å². The van der Waals surface area contributed by atoms with Crippen LogP contribution in [0.3, 0.4) is 0 Å². The first kappa shape index (κ1) is 19.6. The molecule has 2 saturated heterocycles. The second kappa shape index (κ2) is 7.97. The quantitative estimate of drug-likeness (QED) is 0.760. The van der Waals surface area contributed by atoms with Crippen LogP contribution < -0.4 is 14.7 Å². The minimum atomic E-state index is -4.48. The number of rotatable bonds is 3. The summed E-state index contributed by atoms with van der Waals surface area (Å²) in [7, 11) is 0. The number of hydrogen-bond acceptors (Lipinski definition) is 8. The van der Waals surface area contributed by atoms with Gasteiger partial charge in [0.15, 0.2) is 0 Å². The number of morpholine rings is 1. The molecule has 0 aromatic carbocycles. The minimum Gasteiger partial charge on any atom is -0.378 e. The Balaban J connectivity index is 1.45. The number of piperazine rings is 1. The van der Waals surface area contributed by atoms with Gasteiger partial charge >= 0.3 is 6.18 Å². The van der Waals surface area contributed by atoms with Gasteiger partial charge in [0.2, 0.25) is 5.95 Å². The molecule has 2 aliphatic rings. The summed E-state index contributed by atoms with van der Waals surface area (Å²) in [5, 5.41) is 0. The van der Waals surface area contributed by atoms with Gasteiger partial charge in [-0.15, -0.1) is 0 Å². The minimum absolute atomic E-state index is 0.283. The van der Waals surface area contributed by atoms with Crippen LogP contribution in [0.2, 0.25) is 0 Å². The van der Waals surface area contributed by atoms with E-state index in [2.05, 4.69) is 24.8 Å². The average molecular weight is 409 g/mol. The van der Waals surface area contributed by atoms with E-state index in [0.717, 1.165) is 37.0 Å². The molecule has 29 heavy (non-hydrogen) atoms. The molecule has 0 aliphatic carbocycles. The number of aryl methyl sites for hydroxylation is 1. The molecule has 4 heterocycles. The molecule has 8 nitrogen and oxygen atoms in total. The summed E-state index contributed by atoms with van der Waals surface area (Å²) >= 11 is 0. The monoisotopic (exact) mass is 409 g/mol. The average Bonchev–Trinajstić information content (AvgIpc) is 2.73. The molecular weight excluding hydrogens is 387 g/mol. The highest BCUT2D eigenvalue weighted by atomic mass is 19.4. The van der Waals surface area contributed by atoms with E-state index >= 15 is 0 Å². The van der Waals surface area contributed by atoms with Crippen molar-refractivity contribution in [3.05, 3.63) is 29.8 Å². The summed E-state index contributed by atoms with van der Waals surface area (Å²) in [6.45, 7) is 7.11. The van der Waals surface area contributed by atoms with Crippen molar-refractivity contribution >= 4 is 17.6 Å². The van der Waals surface area contributed by atoms with Crippen molar-refractivity contribution < 1.29 is 17.9 Å². The molecule has 2 fully saturated rings. The molecule has 0 N–H and O–H groups in total. The van der Waals surface area contributed by atoms with Crippen molar-refractivity contribution in [2.75, 3.05) is 67.2 Å². The highest BCUT2D eigenvalue weighted by Crippen LogP contribution is 2.29. The van der Waals surface area contributed by atoms with E-state index < -0.39 is 11.9 Å². The van der Waals surface area contributed by atoms with Crippen molar-refractivity contribution in [1.82, 2.24) is 19.9 Å². The van der Waals surface area contributed by atoms with E-state index in [0.29, 0.717) is 45.3 Å². The Morgan fingerprint density at radius 1 is 0.828 bits per heavy atom. The molecule has 0 amide bonds. The van der Waals surface area contributed by atoms with Crippen LogP contribution in [0.15, 0.2) is 18.5 Å². The van der Waals surface area contributed by atoms with Crippen molar-refractivity contribution in [3.63, 3.8) is 0 Å². The maximum Gasteiger partial charge on any atom is 0.433 e. The van der Waals surface area contributed by atoms with E-state index in [-0.39, 0.29) is 5.82 Å². The van der Waals surface area contributed by atoms with Crippen LogP contribution in [0.1, 0.15) is 11.4 Å². The molecule has 2 aromatic heterocycles. The third kappa shape index (κ3) is 4.50. The van der Waals surface area contributed by atoms with E-state index in [1.54, 1.807) is 0 Å². The fourth-order valence-electron chi connectivity index (χ4n) is 3.44. The lowest BCUT2D eigenvalue weighted by molar-refractivity contribution is -0.141. The molecule has 4 rings (SSSR count). The second-order valence-electron chi connectivity index (χ2n) is 7.00. The molecule has 0 saturated carbocycles. The van der Waals surface area contributed by atoms with Crippen molar-refractivity contribution in [3.8, 4) is 0 Å². The molecule has 2 aliphatic heterocycles. The van der Waals surface area contributed by atoms with Crippen molar-refractivity contribution in [1.29, 1.82) is 0 Å². The molecule has 0 spiro atoms. The number of nitrogens with zero attached hydrogens (tertiary/aromatic N) is 7. The van der Waals surface area contributed by atoms with Gasteiger partial charge in [-0.3, -0.25) is 0 Å². The number of alkyl halides is 3. The first-order chi connectivity index (χ1) is 13.9. The van der Waals surface area contributed by atoms with Crippen LogP contribution in [0.25, 0.3) is 0 Å². The van der Waals surface area contributed by atoms with Gasteiger partial charge < -0.3 is 19.4 Å². The third-order valence-electron chi connectivity index (χ3n) is 4.99. The zero-order chi connectivity index (χ0) is 20.4. The lowest BCUT2D eigenvalue weighted by Crippen LogP contribution is -2.47. The van der Waals surface area contributed by atoms with E-state index in [1.165, 1.54) is 0 Å². The molecule has 0 unspecified atom stereocenters. The second-order valence-corrected chi connectivity index (χ2v) is 7.00. The number of halogens is 3. The summed E-state index contributed by atoms with van der Waals surface area (Å²) < 4.78 is 44.1. The molecule has 0 atom stereocenters. The molecular formula is C18H22F3N7O. The smallest absolute Gasteiger partial charge is 0.378 e. The number of ether oxygens (including phenoxy) is 1. The first-order valence-electron chi connectivity index (χ1n) is 9.48. The van der Waals surface area contributed by atoms with Gasteiger partial charge in [-0.25, -0.2) is 15.0 Å². The molecule has 0 radical (unpaired) electrons. The molecule has 0 bridgehead atoms. The Hall–Kier alpha value is -2.69. The molecule has 11 heteroatoms. The largest absolute Gasteiger partial charge is 0.433 e. The van der Waals surface area contributed by atoms with Gasteiger partial charge in [0.25, 0.3) is 0 Å². The predicted molar refractivity (Wildman–Crippen MR) is 101 cm³/mol. The fraction of sp³-hybridized carbons (Fsp3) is 0.556. The van der Waals surface area contributed by atoms with Crippen LogP contribution >= 0.6 is 0 Å². The van der Waals surface area contributed by atoms with E-state index in [1.807, 2.05) is 17.9 Å². The van der Waals surface area contributed by atoms with Crippen LogP contribution in [0.5, 0.6) is 0 Å². The SMILES string of the molecule is Cc1cc(N2CCOCC2)nc(N2CCN(c3cc(C(F)(F)F)ncn3)CC2)n1. The Kier molecular flexibility index (Phi) is 5.39. The molecule has 2 aromatic rings. The fourth-order valence-corrected chi connectivity index (χ4v) is 3.44. The highest BCUT2D eigenvalue weighted by Gasteiger charge is 2.33. The summed E-state index contributed by atoms with van der Waals surface area (Å²) in [4.78, 5) is 22.7. The topological polar surface area (TPSA) is 70.5 Å². The summed E-state index contributed by atoms with van der Waals surface area (Å²) in [6.07, 6.45) is -3.52. The van der Waals surface area contributed by atoms with Gasteiger partial charge in [0, 0.05) is 57.1 Å². The number of hydrogen-bond donors (Lipinski definition) is 0. The van der Waals surface area contributed by atoms with Gasteiger partial charge in [0.05, 0.1) is 13.2 Å². The van der Waals surface area contributed by atoms with Crippen LogP contribution in [-0.4, -0.2) is 72.4 Å². The van der Waals surface area contributed by atoms with Gasteiger partial charge in [-0.1, -0.05) is 0 Å². The maximum atomic E-state index is 12.9. The zero-order valence-electron chi connectivity index (χ0n) is 16.1. The predicted octanol–water partition coefficient (Wildman–Crippen LogP) is 1.76. The first-order valence-corrected chi connectivity index (χ1v) is 9.48. The van der Waals surface area contributed by atoms with Crippen LogP contribution in [0.4, 0.5) is 30.8 Å². The number of aromatic nitrogens is 4. The van der Waals surface area contributed by atoms with Crippen molar-refractivity contribution in [2.24, 2.45) is 0 Å². The van der Waals surface area contributed by atoms with Gasteiger partial charge in [-0.2, -0.15) is 18.2 Å². The van der Waals surface area contributed by atoms with Crippen molar-refractivity contribution in [2.45, 2.75) is 13.1 Å².